The fourth-order valence-corrected chi connectivity index (χ4v) is 14.9. The minimum atomic E-state index is -4.69. The van der Waals surface area contributed by atoms with E-state index in [2.05, 4.69) is 59.0 Å². The molecule has 93 heavy (non-hydrogen) atoms. The monoisotopic (exact) mass is 1460 g/mol. The Morgan fingerprint density at radius 2 is 1.25 bits per heavy atom. The molecule has 29 nitrogen and oxygen atoms in total. The van der Waals surface area contributed by atoms with Gasteiger partial charge in [-0.3, -0.25) is 74.6 Å². The number of nitrogens with zero attached hydrogens (tertiary/aromatic N) is 7. The van der Waals surface area contributed by atoms with Crippen LogP contribution in [0.1, 0.15) is 144 Å². The van der Waals surface area contributed by atoms with Gasteiger partial charge in [-0.15, -0.1) is 0 Å². The van der Waals surface area contributed by atoms with Gasteiger partial charge in [0.15, 0.2) is 28.9 Å². The first kappa shape index (κ1) is 80.7. The van der Waals surface area contributed by atoms with Crippen molar-refractivity contribution in [2.24, 2.45) is 28.7 Å². The van der Waals surface area contributed by atoms with Crippen LogP contribution in [-0.2, 0) is 94.6 Å². The van der Waals surface area contributed by atoms with E-state index in [1.165, 1.54) is 62.3 Å². The van der Waals surface area contributed by atoms with Crippen molar-refractivity contribution in [3.63, 3.8) is 0 Å². The molecule has 0 saturated carbocycles. The van der Waals surface area contributed by atoms with E-state index in [-0.39, 0.29) is 71.6 Å². The summed E-state index contributed by atoms with van der Waals surface area (Å²) in [6.45, 7) is 3.79. The van der Waals surface area contributed by atoms with Gasteiger partial charge < -0.3 is 23.8 Å². The van der Waals surface area contributed by atoms with Crippen LogP contribution in [0.3, 0.4) is 0 Å². The van der Waals surface area contributed by atoms with Crippen LogP contribution in [0.25, 0.3) is 0 Å². The van der Waals surface area contributed by atoms with Crippen molar-refractivity contribution in [2.75, 3.05) is 33.5 Å². The quantitative estimate of drug-likeness (QED) is 0.0141. The van der Waals surface area contributed by atoms with Gasteiger partial charge >= 0.3 is 32.9 Å². The van der Waals surface area contributed by atoms with E-state index in [1.54, 1.807) is 69.2 Å². The highest BCUT2D eigenvalue weighted by atomic mass is 32.7. The van der Waals surface area contributed by atoms with Crippen LogP contribution < -0.4 is 5.69 Å². The van der Waals surface area contributed by atoms with E-state index in [1.807, 2.05) is 13.8 Å². The summed E-state index contributed by atoms with van der Waals surface area (Å²) in [7, 11) is 1.22. The molecule has 0 radical (unpaired) electrons. The summed E-state index contributed by atoms with van der Waals surface area (Å²) >= 11 is 16.5. The minimum absolute atomic E-state index is 0.0388. The van der Waals surface area contributed by atoms with Gasteiger partial charge in [-0.1, -0.05) is 104 Å². The molecule has 5 heterocycles. The van der Waals surface area contributed by atoms with E-state index in [9.17, 15) is 51.9 Å². The SMILES string of the molecule is CO[C@H](COP(=O)(S)O[C@@H]1C[C@H](N(/C=C(/C)C(=O)C(C)C)C(C)=O)O[C@@H]1COP(=O)(S)O[C@@H]1CC(n2cnc(C(=O)C(C)C)c2/N=C(\C)C(C)C)O[C@@H]1COP(=O)(O)S)[C@@H](Cn1cc(C)c(C)nc1=O)OP(=O)(S)OC[C@@H]1CC[C@H](N(/C=C(/C)C(=O)C(C)C)C(C)=O)O1. The summed E-state index contributed by atoms with van der Waals surface area (Å²) in [5.41, 5.74) is 1.56. The number of thiol groups is 4. The third kappa shape index (κ3) is 23.9. The summed E-state index contributed by atoms with van der Waals surface area (Å²) in [6, 6.07) is 0. The maximum Gasteiger partial charge on any atom is 0.386 e. The Morgan fingerprint density at radius 1 is 0.710 bits per heavy atom. The largest absolute Gasteiger partial charge is 0.386 e. The van der Waals surface area contributed by atoms with Crippen LogP contribution >= 0.6 is 76.2 Å². The average Bonchev–Trinajstić information content (AvgIpc) is 1.67. The number of methoxy groups -OCH3 is 1. The first-order valence-corrected chi connectivity index (χ1v) is 40.7. The summed E-state index contributed by atoms with van der Waals surface area (Å²) in [5, 5.41) is 0. The minimum Gasteiger partial charge on any atom is -0.376 e. The normalized spacial score (nSPS) is 24.8. The summed E-state index contributed by atoms with van der Waals surface area (Å²) in [6.07, 6.45) is -6.25. The molecule has 3 fully saturated rings. The van der Waals surface area contributed by atoms with Gasteiger partial charge in [0.05, 0.1) is 45.4 Å². The number of rotatable bonds is 35. The van der Waals surface area contributed by atoms with Crippen LogP contribution in [0, 0.1) is 37.5 Å². The molecule has 0 bridgehead atoms. The van der Waals surface area contributed by atoms with Gasteiger partial charge in [-0.05, 0) is 58.9 Å². The number of allylic oxidation sites excluding steroid dienone is 2. The number of aliphatic imine (C=N–C) groups is 1. The molecule has 3 saturated heterocycles. The van der Waals surface area contributed by atoms with Crippen LogP contribution in [0.15, 0.2) is 45.9 Å². The molecular weight excluding hydrogens is 1370 g/mol. The van der Waals surface area contributed by atoms with Crippen molar-refractivity contribution in [3.05, 3.63) is 63.5 Å². The Bertz CT molecular complexity index is 3380. The Morgan fingerprint density at radius 3 is 1.78 bits per heavy atom. The van der Waals surface area contributed by atoms with Gasteiger partial charge in [0.2, 0.25) is 11.8 Å². The molecule has 0 aromatic carbocycles. The summed E-state index contributed by atoms with van der Waals surface area (Å²) < 4.78 is 123. The van der Waals surface area contributed by atoms with Crippen LogP contribution in [-0.4, -0.2) is 157 Å². The Balaban J connectivity index is 1.41. The molecule has 3 aliphatic rings. The second-order valence-corrected chi connectivity index (χ2v) is 35.4. The first-order chi connectivity index (χ1) is 43.0. The lowest BCUT2D eigenvalue weighted by Gasteiger charge is -2.30. The highest BCUT2D eigenvalue weighted by molar-refractivity contribution is 8.45. The molecule has 524 valence electrons. The molecule has 5 rings (SSSR count). The number of ether oxygens (including phenoxy) is 4. The molecule has 0 aliphatic carbocycles. The zero-order chi connectivity index (χ0) is 70.0. The predicted octanol–water partition coefficient (Wildman–Crippen LogP) is 10.6. The fraction of sp³-hybridized carbons (Fsp3) is 0.696. The molecule has 3 aliphatic heterocycles. The standard InChI is InChI=1S/C56H89N7O22P4S4/c1-30(2)37(12)58-55-51(54(68)33(7)8)57-29-63(55)50-20-43(46(82-50)27-76-86(70,71)90)84-89(74,93)79-28-47-42(19-49(81-47)62(40(15)65)23-36(11)53(67)32(5)6)83-88(73,92)78-26-45(75-16)44(24-60-21-34(9)38(13)59-56(60)69)85-87(72,91)77-25-41-17-18-48(80-41)61(39(14)64)22-35(10)52(66)31(3)4/h21-23,29-33,41-50H,17-20,24-28H2,1-16H3,(H,72,91)(H,73,92)(H,74,93)(H2,70,71,90)/b35-22-,36-23-,58-37+/t41-,42+,43+,44+,45+,46+,47+,48+,49+,50?,87?,88?,89?/m0/s1. The number of ketones is 3. The average molecular weight is 1460 g/mol. The number of hydrogen-bond donors (Lipinski definition) is 5. The molecular formula is C56H89N7O22P4S4. The van der Waals surface area contributed by atoms with Gasteiger partial charge in [0.1, 0.15) is 55.3 Å². The van der Waals surface area contributed by atoms with Crippen molar-refractivity contribution in [1.29, 1.82) is 0 Å². The topological polar surface area (TPSA) is 347 Å². The van der Waals surface area contributed by atoms with Crippen molar-refractivity contribution < 1.29 is 97.7 Å². The number of aromatic nitrogens is 4. The lowest BCUT2D eigenvalue weighted by Crippen LogP contribution is -2.40. The maximum atomic E-state index is 14.6. The van der Waals surface area contributed by atoms with Crippen LogP contribution in [0.4, 0.5) is 5.82 Å². The van der Waals surface area contributed by atoms with E-state index in [0.29, 0.717) is 35.4 Å². The molecule has 2 aromatic heterocycles. The van der Waals surface area contributed by atoms with E-state index >= 15 is 0 Å². The van der Waals surface area contributed by atoms with Gasteiger partial charge in [-0.2, -0.15) is 4.98 Å². The van der Waals surface area contributed by atoms with Gasteiger partial charge in [0, 0.05) is 92.7 Å². The summed E-state index contributed by atoms with van der Waals surface area (Å²) in [5.74, 6) is -2.83. The number of carbonyl (C=O) groups excluding carboxylic acids is 5. The molecule has 0 spiro atoms. The zero-order valence-electron chi connectivity index (χ0n) is 55.0. The van der Waals surface area contributed by atoms with Crippen LogP contribution in [0.2, 0.25) is 0 Å². The fourth-order valence-electron chi connectivity index (χ4n) is 9.74. The first-order valence-electron chi connectivity index (χ1n) is 29.9. The van der Waals surface area contributed by atoms with E-state index in [4.69, 9.17) is 55.6 Å². The highest BCUT2D eigenvalue weighted by Crippen LogP contribution is 2.60. The van der Waals surface area contributed by atoms with Crippen molar-refractivity contribution in [1.82, 2.24) is 28.9 Å². The number of Topliss-reactive ketones (excluding diaryl/α,β-unsaturated/α-hetero) is 3. The number of amides is 2. The molecule has 2 amide bonds. The molecule has 1 N–H and O–H groups in total. The number of hydrogen-bond acceptors (Lipinski definition) is 24. The van der Waals surface area contributed by atoms with Crippen molar-refractivity contribution in [3.8, 4) is 0 Å². The molecule has 2 aromatic rings. The van der Waals surface area contributed by atoms with Crippen LogP contribution in [0.5, 0.6) is 0 Å². The van der Waals surface area contributed by atoms with Gasteiger partial charge in [-0.25, -0.2) is 33.0 Å². The maximum absolute atomic E-state index is 14.6. The van der Waals surface area contributed by atoms with E-state index < -0.39 is 138 Å². The lowest BCUT2D eigenvalue weighted by molar-refractivity contribution is -0.139. The smallest absolute Gasteiger partial charge is 0.376 e. The Labute approximate surface area is 563 Å². The molecule has 5 unspecified atom stereocenters. The van der Waals surface area contributed by atoms with Gasteiger partial charge in [0.25, 0.3) is 0 Å². The Kier molecular flexibility index (Phi) is 30.1. The second kappa shape index (κ2) is 34.7. The van der Waals surface area contributed by atoms with Crippen molar-refractivity contribution >= 4 is 117 Å². The molecule has 14 atom stereocenters. The van der Waals surface area contributed by atoms with E-state index in [0.717, 1.165) is 9.47 Å². The summed E-state index contributed by atoms with van der Waals surface area (Å²) in [4.78, 5) is 104. The second-order valence-electron chi connectivity index (χ2n) is 24.0. The Hall–Kier alpha value is -2.97. The molecule has 37 heteroatoms. The third-order valence-electron chi connectivity index (χ3n) is 15.2. The predicted molar refractivity (Wildman–Crippen MR) is 357 cm³/mol. The lowest BCUT2D eigenvalue weighted by atomic mass is 10.0. The number of carbonyl (C=O) groups is 5. The number of imidazole rings is 1. The zero-order valence-corrected chi connectivity index (χ0v) is 62.1. The third-order valence-corrected chi connectivity index (χ3v) is 21.0. The highest BCUT2D eigenvalue weighted by Gasteiger charge is 2.47. The van der Waals surface area contributed by atoms with Crippen molar-refractivity contribution in [2.45, 2.75) is 197 Å². The number of aryl methyl sites for hydroxylation is 2.